The Labute approximate surface area is 338 Å². The molecular weight excluding hydrogens is 741 g/mol. The highest BCUT2D eigenvalue weighted by Gasteiger charge is 2.50. The lowest BCUT2D eigenvalue weighted by Crippen LogP contribution is -2.32. The van der Waals surface area contributed by atoms with E-state index in [0.717, 1.165) is 61.0 Å². The highest BCUT2D eigenvalue weighted by atomic mass is 19.1. The zero-order valence-electron chi connectivity index (χ0n) is 31.4. The summed E-state index contributed by atoms with van der Waals surface area (Å²) in [6.45, 7) is 0. The van der Waals surface area contributed by atoms with Crippen molar-refractivity contribution >= 4 is 44.9 Å². The van der Waals surface area contributed by atoms with E-state index in [2.05, 4.69) is 84.9 Å². The highest BCUT2D eigenvalue weighted by Crippen LogP contribution is 2.63. The van der Waals surface area contributed by atoms with Crippen LogP contribution in [0.4, 0.5) is 51.7 Å². The van der Waals surface area contributed by atoms with Gasteiger partial charge in [-0.15, -0.1) is 0 Å². The molecule has 0 amide bonds. The van der Waals surface area contributed by atoms with Gasteiger partial charge in [-0.3, -0.25) is 0 Å². The van der Waals surface area contributed by atoms with Gasteiger partial charge in [-0.05, 0) is 141 Å². The first-order valence-electron chi connectivity index (χ1n) is 19.4. The van der Waals surface area contributed by atoms with Crippen molar-refractivity contribution in [2.75, 3.05) is 9.80 Å². The summed E-state index contributed by atoms with van der Waals surface area (Å²) in [4.78, 5) is 3.69. The van der Waals surface area contributed by atoms with E-state index in [9.17, 15) is 8.78 Å². The second kappa shape index (κ2) is 13.3. The van der Waals surface area contributed by atoms with Gasteiger partial charge in [0.15, 0.2) is 0 Å². The minimum Gasteiger partial charge on any atom is -0.308 e. The molecule has 2 aliphatic rings. The number of halogens is 4. The van der Waals surface area contributed by atoms with E-state index >= 15 is 8.78 Å². The minimum atomic E-state index is -0.841. The lowest BCUT2D eigenvalue weighted by atomic mass is 9.61. The molecule has 0 radical (unpaired) electrons. The molecule has 2 aliphatic carbocycles. The van der Waals surface area contributed by atoms with Crippen LogP contribution < -0.4 is 9.80 Å². The van der Waals surface area contributed by atoms with Gasteiger partial charge in [0.1, 0.15) is 23.3 Å². The summed E-state index contributed by atoms with van der Waals surface area (Å²) in [6.07, 6.45) is 0. The second-order valence-electron chi connectivity index (χ2n) is 15.0. The summed E-state index contributed by atoms with van der Waals surface area (Å²) in [5.74, 6) is -1.60. The number of rotatable bonds is 6. The van der Waals surface area contributed by atoms with Gasteiger partial charge in [-0.25, -0.2) is 17.6 Å². The zero-order valence-corrected chi connectivity index (χ0v) is 31.4. The van der Waals surface area contributed by atoms with E-state index in [0.29, 0.717) is 28.4 Å². The molecule has 0 aliphatic heterocycles. The van der Waals surface area contributed by atoms with Gasteiger partial charge >= 0.3 is 0 Å². The standard InChI is InChI=1S/C53H32F4N2/c54-33-20-24-35(25-21-33)58(50-18-7-5-16-47(50)56)37-28-29-40-41-30-31-49(59(36-26-22-34(55)23-27-36)51-19-8-6-17-48(51)57)42-12-9-15-45(52(41)42)53(46(40)32-37)43-13-3-1-10-38(43)39-11-2-4-14-44(39)53/h1-32H. The van der Waals surface area contributed by atoms with Crippen molar-refractivity contribution in [3.8, 4) is 22.3 Å². The summed E-state index contributed by atoms with van der Waals surface area (Å²) in [5, 5.41) is 1.90. The first-order chi connectivity index (χ1) is 28.9. The maximum Gasteiger partial charge on any atom is 0.147 e. The Balaban J connectivity index is 1.25. The molecule has 0 saturated carbocycles. The van der Waals surface area contributed by atoms with Gasteiger partial charge in [0.05, 0.1) is 22.5 Å². The minimum absolute atomic E-state index is 0.331. The Morgan fingerprint density at radius 1 is 0.322 bits per heavy atom. The molecule has 59 heavy (non-hydrogen) atoms. The molecule has 11 rings (SSSR count). The van der Waals surface area contributed by atoms with Crippen molar-refractivity contribution < 1.29 is 17.6 Å². The third-order valence-electron chi connectivity index (χ3n) is 11.9. The van der Waals surface area contributed by atoms with Gasteiger partial charge in [0, 0.05) is 22.4 Å². The van der Waals surface area contributed by atoms with Crippen molar-refractivity contribution in [1.82, 2.24) is 0 Å². The van der Waals surface area contributed by atoms with Crippen molar-refractivity contribution in [1.29, 1.82) is 0 Å². The maximum absolute atomic E-state index is 15.9. The Hall–Kier alpha value is -7.44. The number of hydrogen-bond donors (Lipinski definition) is 0. The van der Waals surface area contributed by atoms with Crippen LogP contribution in [0.15, 0.2) is 194 Å². The molecule has 0 fully saturated rings. The summed E-state index contributed by atoms with van der Waals surface area (Å²) < 4.78 is 60.6. The summed E-state index contributed by atoms with van der Waals surface area (Å²) in [5.41, 5.74) is 10.9. The molecular formula is C53H32F4N2. The second-order valence-corrected chi connectivity index (χ2v) is 15.0. The van der Waals surface area contributed by atoms with Gasteiger partial charge < -0.3 is 9.80 Å². The van der Waals surface area contributed by atoms with E-state index in [1.807, 2.05) is 21.9 Å². The van der Waals surface area contributed by atoms with Crippen LogP contribution >= 0.6 is 0 Å². The quantitative estimate of drug-likeness (QED) is 0.155. The van der Waals surface area contributed by atoms with Crippen molar-refractivity contribution in [2.24, 2.45) is 0 Å². The molecule has 2 nitrogen and oxygen atoms in total. The molecule has 0 N–H and O–H groups in total. The molecule has 1 spiro atoms. The Bertz CT molecular complexity index is 3070. The molecule has 282 valence electrons. The maximum atomic E-state index is 15.9. The predicted octanol–water partition coefficient (Wildman–Crippen LogP) is 14.7. The first kappa shape index (κ1) is 34.8. The van der Waals surface area contributed by atoms with Crippen LogP contribution in [0.25, 0.3) is 33.0 Å². The lowest BCUT2D eigenvalue weighted by Gasteiger charge is -2.41. The Morgan fingerprint density at radius 3 is 1.41 bits per heavy atom. The number of nitrogens with zero attached hydrogens (tertiary/aromatic N) is 2. The topological polar surface area (TPSA) is 6.48 Å². The van der Waals surface area contributed by atoms with Crippen LogP contribution in [0.2, 0.25) is 0 Å². The van der Waals surface area contributed by atoms with Gasteiger partial charge in [0.25, 0.3) is 0 Å². The number of fused-ring (bicyclic) bond motifs is 9. The average molecular weight is 773 g/mol. The fraction of sp³-hybridized carbons (Fsp3) is 0.0189. The van der Waals surface area contributed by atoms with E-state index in [1.54, 1.807) is 60.7 Å². The molecule has 9 aromatic carbocycles. The Morgan fingerprint density at radius 2 is 0.797 bits per heavy atom. The molecule has 0 unspecified atom stereocenters. The summed E-state index contributed by atoms with van der Waals surface area (Å²) in [7, 11) is 0. The van der Waals surface area contributed by atoms with Crippen LogP contribution in [0.1, 0.15) is 22.3 Å². The monoisotopic (exact) mass is 772 g/mol. The summed E-state index contributed by atoms with van der Waals surface area (Å²) >= 11 is 0. The fourth-order valence-electron chi connectivity index (χ4n) is 9.58. The van der Waals surface area contributed by atoms with Crippen LogP contribution in [-0.2, 0) is 5.41 Å². The van der Waals surface area contributed by atoms with E-state index < -0.39 is 17.0 Å². The number of hydrogen-bond acceptors (Lipinski definition) is 2. The average Bonchev–Trinajstić information content (AvgIpc) is 3.56. The van der Waals surface area contributed by atoms with Crippen LogP contribution in [-0.4, -0.2) is 0 Å². The number of anilines is 6. The van der Waals surface area contributed by atoms with Crippen LogP contribution in [0, 0.1) is 23.3 Å². The number of para-hydroxylation sites is 2. The van der Waals surface area contributed by atoms with Crippen LogP contribution in [0.3, 0.4) is 0 Å². The molecule has 0 bridgehead atoms. The number of benzene rings is 9. The predicted molar refractivity (Wildman–Crippen MR) is 229 cm³/mol. The first-order valence-corrected chi connectivity index (χ1v) is 19.4. The lowest BCUT2D eigenvalue weighted by molar-refractivity contribution is 0.626. The highest BCUT2D eigenvalue weighted by molar-refractivity contribution is 6.12. The van der Waals surface area contributed by atoms with Gasteiger partial charge in [0.2, 0.25) is 0 Å². The molecule has 0 saturated heterocycles. The molecule has 0 atom stereocenters. The van der Waals surface area contributed by atoms with Gasteiger partial charge in [-0.1, -0.05) is 103 Å². The van der Waals surface area contributed by atoms with Crippen molar-refractivity contribution in [3.05, 3.63) is 240 Å². The molecule has 9 aromatic rings. The third kappa shape index (κ3) is 5.12. The smallest absolute Gasteiger partial charge is 0.147 e. The largest absolute Gasteiger partial charge is 0.308 e. The Kier molecular flexibility index (Phi) is 7.85. The molecule has 0 aromatic heterocycles. The van der Waals surface area contributed by atoms with E-state index in [1.165, 1.54) is 36.4 Å². The van der Waals surface area contributed by atoms with E-state index in [4.69, 9.17) is 0 Å². The fourth-order valence-corrected chi connectivity index (χ4v) is 9.58. The third-order valence-corrected chi connectivity index (χ3v) is 11.9. The SMILES string of the molecule is Fc1ccc(N(c2ccc3c(c2)C2(c4ccccc4-c4ccccc42)c2cccc4c(N(c5ccc(F)cc5)c5ccccc5F)ccc-3c24)c2ccccc2F)cc1. The van der Waals surface area contributed by atoms with E-state index in [-0.39, 0.29) is 11.6 Å². The van der Waals surface area contributed by atoms with Crippen molar-refractivity contribution in [3.63, 3.8) is 0 Å². The van der Waals surface area contributed by atoms with Crippen molar-refractivity contribution in [2.45, 2.75) is 5.41 Å². The molecule has 6 heteroatoms. The van der Waals surface area contributed by atoms with Gasteiger partial charge in [-0.2, -0.15) is 0 Å². The summed E-state index contributed by atoms with van der Waals surface area (Å²) in [6, 6.07) is 59.1. The normalized spacial score (nSPS) is 12.9. The zero-order chi connectivity index (χ0) is 39.8. The molecule has 0 heterocycles. The van der Waals surface area contributed by atoms with Crippen LogP contribution in [0.5, 0.6) is 0 Å².